The summed E-state index contributed by atoms with van der Waals surface area (Å²) in [6, 6.07) is 3.29. The summed E-state index contributed by atoms with van der Waals surface area (Å²) in [6.07, 6.45) is 0. The average Bonchev–Trinajstić information content (AvgIpc) is 2.02. The standard InChI is InChI=1S/C8H7ClO4S/c1-5(10)7-4-6(14(9,12)13)2-3-8(7)11/h2-4,11H,1H3. The number of phenolic OH excluding ortho intramolecular Hbond substituents is 1. The van der Waals surface area contributed by atoms with Gasteiger partial charge in [-0.05, 0) is 25.1 Å². The lowest BCUT2D eigenvalue weighted by atomic mass is 10.1. The second-order valence-corrected chi connectivity index (χ2v) is 5.24. The van der Waals surface area contributed by atoms with E-state index in [4.69, 9.17) is 10.7 Å². The van der Waals surface area contributed by atoms with E-state index < -0.39 is 14.8 Å². The summed E-state index contributed by atoms with van der Waals surface area (Å²) < 4.78 is 21.8. The van der Waals surface area contributed by atoms with E-state index in [-0.39, 0.29) is 16.2 Å². The Labute approximate surface area is 85.5 Å². The molecule has 0 aliphatic carbocycles. The number of Topliss-reactive ketones (excluding diaryl/α,β-unsaturated/α-hetero) is 1. The third-order valence-electron chi connectivity index (χ3n) is 1.63. The van der Waals surface area contributed by atoms with Crippen LogP contribution in [0.1, 0.15) is 17.3 Å². The largest absolute Gasteiger partial charge is 0.507 e. The average molecular weight is 235 g/mol. The van der Waals surface area contributed by atoms with Gasteiger partial charge in [-0.1, -0.05) is 0 Å². The van der Waals surface area contributed by atoms with Crippen molar-refractivity contribution in [3.8, 4) is 5.75 Å². The third kappa shape index (κ3) is 2.24. The zero-order valence-corrected chi connectivity index (χ0v) is 8.76. The molecule has 1 rings (SSSR count). The molecular formula is C8H7ClO4S. The van der Waals surface area contributed by atoms with Gasteiger partial charge in [0.2, 0.25) is 0 Å². The van der Waals surface area contributed by atoms with E-state index in [2.05, 4.69) is 0 Å². The molecule has 0 bridgehead atoms. The van der Waals surface area contributed by atoms with Crippen molar-refractivity contribution in [2.75, 3.05) is 0 Å². The monoisotopic (exact) mass is 234 g/mol. The molecule has 14 heavy (non-hydrogen) atoms. The van der Waals surface area contributed by atoms with Crippen LogP contribution in [0.25, 0.3) is 0 Å². The maximum Gasteiger partial charge on any atom is 0.261 e. The number of hydrogen-bond acceptors (Lipinski definition) is 4. The van der Waals surface area contributed by atoms with Crippen molar-refractivity contribution in [3.05, 3.63) is 23.8 Å². The van der Waals surface area contributed by atoms with Crippen molar-refractivity contribution in [2.45, 2.75) is 11.8 Å². The predicted molar refractivity (Wildman–Crippen MR) is 51.2 cm³/mol. The summed E-state index contributed by atoms with van der Waals surface area (Å²) in [5.74, 6) is -0.689. The minimum absolute atomic E-state index is 0.0632. The van der Waals surface area contributed by atoms with Gasteiger partial charge in [0, 0.05) is 10.7 Å². The van der Waals surface area contributed by atoms with Gasteiger partial charge in [0.05, 0.1) is 10.5 Å². The molecule has 0 fully saturated rings. The Bertz CT molecular complexity index is 478. The minimum Gasteiger partial charge on any atom is -0.507 e. The summed E-state index contributed by atoms with van der Waals surface area (Å²) in [6.45, 7) is 1.22. The zero-order chi connectivity index (χ0) is 10.9. The van der Waals surface area contributed by atoms with Gasteiger partial charge in [-0.15, -0.1) is 0 Å². The smallest absolute Gasteiger partial charge is 0.261 e. The molecule has 4 nitrogen and oxygen atoms in total. The van der Waals surface area contributed by atoms with E-state index in [0.717, 1.165) is 18.2 Å². The van der Waals surface area contributed by atoms with Crippen LogP contribution in [0.3, 0.4) is 0 Å². The quantitative estimate of drug-likeness (QED) is 0.622. The summed E-state index contributed by atoms with van der Waals surface area (Å²) in [5.41, 5.74) is -0.0632. The number of benzene rings is 1. The van der Waals surface area contributed by atoms with Crippen LogP contribution in [0.4, 0.5) is 0 Å². The molecule has 1 aromatic carbocycles. The first-order valence-corrected chi connectivity index (χ1v) is 5.92. The van der Waals surface area contributed by atoms with Crippen LogP contribution < -0.4 is 0 Å². The zero-order valence-electron chi connectivity index (χ0n) is 7.19. The highest BCUT2D eigenvalue weighted by Gasteiger charge is 2.14. The summed E-state index contributed by atoms with van der Waals surface area (Å²) in [5, 5.41) is 9.21. The van der Waals surface area contributed by atoms with Crippen molar-refractivity contribution < 1.29 is 18.3 Å². The minimum atomic E-state index is -3.87. The first-order chi connectivity index (χ1) is 6.32. The van der Waals surface area contributed by atoms with E-state index >= 15 is 0 Å². The number of halogens is 1. The van der Waals surface area contributed by atoms with E-state index in [0.29, 0.717) is 0 Å². The van der Waals surface area contributed by atoms with Crippen LogP contribution in [0, 0.1) is 0 Å². The Hall–Kier alpha value is -1.07. The molecular weight excluding hydrogens is 228 g/mol. The molecule has 0 heterocycles. The molecule has 0 spiro atoms. The number of carbonyl (C=O) groups excluding carboxylic acids is 1. The van der Waals surface area contributed by atoms with Gasteiger partial charge < -0.3 is 5.11 Å². The lowest BCUT2D eigenvalue weighted by molar-refractivity contribution is 0.101. The molecule has 0 amide bonds. The predicted octanol–water partition coefficient (Wildman–Crippen LogP) is 1.52. The van der Waals surface area contributed by atoms with Crippen LogP contribution in [-0.2, 0) is 9.05 Å². The fourth-order valence-corrected chi connectivity index (χ4v) is 1.73. The number of hydrogen-bond donors (Lipinski definition) is 1. The maximum atomic E-state index is 10.9. The first kappa shape index (κ1) is 11.0. The lowest BCUT2D eigenvalue weighted by Gasteiger charge is -2.01. The molecule has 1 aromatic rings. The van der Waals surface area contributed by atoms with E-state index in [9.17, 15) is 18.3 Å². The van der Waals surface area contributed by atoms with Crippen molar-refractivity contribution >= 4 is 25.5 Å². The van der Waals surface area contributed by atoms with Gasteiger partial charge in [-0.3, -0.25) is 4.79 Å². The molecule has 1 N–H and O–H groups in total. The van der Waals surface area contributed by atoms with Gasteiger partial charge in [-0.2, -0.15) is 0 Å². The van der Waals surface area contributed by atoms with E-state index in [1.165, 1.54) is 6.92 Å². The Morgan fingerprint density at radius 2 is 2.00 bits per heavy atom. The topological polar surface area (TPSA) is 71.4 Å². The SMILES string of the molecule is CC(=O)c1cc(S(=O)(=O)Cl)ccc1O. The van der Waals surface area contributed by atoms with Gasteiger partial charge >= 0.3 is 0 Å². The number of ketones is 1. The Morgan fingerprint density at radius 1 is 1.43 bits per heavy atom. The number of aromatic hydroxyl groups is 1. The molecule has 0 unspecified atom stereocenters. The van der Waals surface area contributed by atoms with Gasteiger partial charge in [0.25, 0.3) is 9.05 Å². The van der Waals surface area contributed by atoms with E-state index in [1.807, 2.05) is 0 Å². The second kappa shape index (κ2) is 3.59. The normalized spacial score (nSPS) is 11.3. The van der Waals surface area contributed by atoms with Crippen LogP contribution >= 0.6 is 10.7 Å². The summed E-state index contributed by atoms with van der Waals surface area (Å²) >= 11 is 0. The molecule has 0 radical (unpaired) electrons. The second-order valence-electron chi connectivity index (χ2n) is 2.67. The fourth-order valence-electron chi connectivity index (χ4n) is 0.949. The number of phenols is 1. The third-order valence-corrected chi connectivity index (χ3v) is 2.98. The Kier molecular flexibility index (Phi) is 2.82. The van der Waals surface area contributed by atoms with Crippen molar-refractivity contribution in [1.29, 1.82) is 0 Å². The highest BCUT2D eigenvalue weighted by molar-refractivity contribution is 8.13. The van der Waals surface area contributed by atoms with Crippen molar-refractivity contribution in [1.82, 2.24) is 0 Å². The van der Waals surface area contributed by atoms with Crippen molar-refractivity contribution in [2.24, 2.45) is 0 Å². The first-order valence-electron chi connectivity index (χ1n) is 3.61. The van der Waals surface area contributed by atoms with Crippen LogP contribution in [0.15, 0.2) is 23.1 Å². The lowest BCUT2D eigenvalue weighted by Crippen LogP contribution is -1.97. The number of carbonyl (C=O) groups is 1. The Balaban J connectivity index is 3.42. The molecule has 0 aromatic heterocycles. The maximum absolute atomic E-state index is 10.9. The van der Waals surface area contributed by atoms with Gasteiger partial charge in [0.15, 0.2) is 5.78 Å². The Morgan fingerprint density at radius 3 is 2.43 bits per heavy atom. The molecule has 0 aliphatic rings. The van der Waals surface area contributed by atoms with Crippen LogP contribution in [0.5, 0.6) is 5.75 Å². The van der Waals surface area contributed by atoms with Gasteiger partial charge in [0.1, 0.15) is 5.75 Å². The molecule has 0 atom stereocenters. The molecule has 0 saturated carbocycles. The highest BCUT2D eigenvalue weighted by atomic mass is 35.7. The summed E-state index contributed by atoms with van der Waals surface area (Å²) in [7, 11) is 1.20. The molecule has 6 heteroatoms. The van der Waals surface area contributed by atoms with E-state index in [1.54, 1.807) is 0 Å². The van der Waals surface area contributed by atoms with Crippen LogP contribution in [0.2, 0.25) is 0 Å². The molecule has 0 aliphatic heterocycles. The van der Waals surface area contributed by atoms with Crippen LogP contribution in [-0.4, -0.2) is 19.3 Å². The highest BCUT2D eigenvalue weighted by Crippen LogP contribution is 2.23. The molecule has 0 saturated heterocycles. The fraction of sp³-hybridized carbons (Fsp3) is 0.125. The molecule has 76 valence electrons. The number of rotatable bonds is 2. The van der Waals surface area contributed by atoms with Gasteiger partial charge in [-0.25, -0.2) is 8.42 Å². The van der Waals surface area contributed by atoms with Crippen molar-refractivity contribution in [3.63, 3.8) is 0 Å². The summed E-state index contributed by atoms with van der Waals surface area (Å²) in [4.78, 5) is 10.7.